The predicted octanol–water partition coefficient (Wildman–Crippen LogP) is 1.98. The molecule has 0 saturated heterocycles. The van der Waals surface area contributed by atoms with E-state index in [0.717, 1.165) is 5.56 Å². The summed E-state index contributed by atoms with van der Waals surface area (Å²) in [5.74, 6) is -0.122. The first-order valence-corrected chi connectivity index (χ1v) is 8.85. The molecule has 2 heterocycles. The Morgan fingerprint density at radius 1 is 1.22 bits per heavy atom. The normalized spacial score (nSPS) is 16.6. The lowest BCUT2D eigenvalue weighted by Crippen LogP contribution is -2.56. The van der Waals surface area contributed by atoms with Gasteiger partial charge in [0.25, 0.3) is 5.91 Å². The number of carbonyl (C=O) groups excluding carboxylic acids is 1. The van der Waals surface area contributed by atoms with E-state index in [2.05, 4.69) is 15.8 Å². The summed E-state index contributed by atoms with van der Waals surface area (Å²) in [7, 11) is 0. The van der Waals surface area contributed by atoms with Crippen molar-refractivity contribution < 1.29 is 4.79 Å². The number of rotatable bonds is 2. The summed E-state index contributed by atoms with van der Waals surface area (Å²) in [5, 5.41) is 8.67. The first kappa shape index (κ1) is 17.5. The Balaban J connectivity index is 2.14. The molecule has 0 aliphatic carbocycles. The predicted molar refractivity (Wildman–Crippen MR) is 111 cm³/mol. The van der Waals surface area contributed by atoms with Crippen LogP contribution in [0.25, 0.3) is 22.2 Å². The smallest absolute Gasteiger partial charge is 0.251 e. The molecule has 136 valence electrons. The third-order valence-electron chi connectivity index (χ3n) is 4.29. The molecule has 27 heavy (non-hydrogen) atoms. The van der Waals surface area contributed by atoms with Gasteiger partial charge in [-0.15, -0.1) is 0 Å². The van der Waals surface area contributed by atoms with Crippen LogP contribution in [0.3, 0.4) is 0 Å². The van der Waals surface area contributed by atoms with Gasteiger partial charge in [-0.05, 0) is 36.0 Å². The summed E-state index contributed by atoms with van der Waals surface area (Å²) in [6.07, 6.45) is -0.673. The van der Waals surface area contributed by atoms with Crippen molar-refractivity contribution in [1.82, 2.24) is 15.3 Å². The summed E-state index contributed by atoms with van der Waals surface area (Å²) >= 11 is 11.2. The SMILES string of the molecule is NC(=O)c1c(-c2ccccc2)n(C2=NNC(=S)NC2N)c2ccc(Cl)cc12. The van der Waals surface area contributed by atoms with Gasteiger partial charge in [-0.25, -0.2) is 0 Å². The zero-order chi connectivity index (χ0) is 19.1. The van der Waals surface area contributed by atoms with Gasteiger partial charge in [0.15, 0.2) is 10.9 Å². The van der Waals surface area contributed by atoms with E-state index in [-0.39, 0.29) is 0 Å². The Kier molecular flexibility index (Phi) is 4.31. The number of thiocarbonyl (C=S) groups is 1. The Labute approximate surface area is 165 Å². The molecule has 9 heteroatoms. The quantitative estimate of drug-likeness (QED) is 0.493. The molecule has 1 aliphatic rings. The van der Waals surface area contributed by atoms with Crippen LogP contribution in [0.15, 0.2) is 53.6 Å². The minimum Gasteiger partial charge on any atom is -0.366 e. The van der Waals surface area contributed by atoms with Gasteiger partial charge in [0.2, 0.25) is 0 Å². The number of nitrogens with zero attached hydrogens (tertiary/aromatic N) is 2. The molecule has 1 atom stereocenters. The highest BCUT2D eigenvalue weighted by Gasteiger charge is 2.29. The van der Waals surface area contributed by atoms with Gasteiger partial charge in [0.05, 0.1) is 16.8 Å². The molecule has 0 spiro atoms. The Morgan fingerprint density at radius 2 is 1.96 bits per heavy atom. The van der Waals surface area contributed by atoms with Crippen molar-refractivity contribution in [1.29, 1.82) is 0 Å². The van der Waals surface area contributed by atoms with Gasteiger partial charge in [-0.3, -0.25) is 14.8 Å². The van der Waals surface area contributed by atoms with Crippen molar-refractivity contribution in [3.05, 3.63) is 59.1 Å². The van der Waals surface area contributed by atoms with Crippen LogP contribution in [0.1, 0.15) is 10.4 Å². The third-order valence-corrected chi connectivity index (χ3v) is 4.73. The van der Waals surface area contributed by atoms with Crippen LogP contribution in [-0.4, -0.2) is 27.6 Å². The summed E-state index contributed by atoms with van der Waals surface area (Å²) in [6.45, 7) is 0. The fraction of sp³-hybridized carbons (Fsp3) is 0.0556. The number of aromatic nitrogens is 1. The molecule has 0 saturated carbocycles. The van der Waals surface area contributed by atoms with Crippen molar-refractivity contribution in [2.45, 2.75) is 6.17 Å². The van der Waals surface area contributed by atoms with E-state index >= 15 is 0 Å². The van der Waals surface area contributed by atoms with Gasteiger partial charge in [0.1, 0.15) is 6.17 Å². The number of amides is 1. The largest absolute Gasteiger partial charge is 0.366 e. The van der Waals surface area contributed by atoms with Gasteiger partial charge < -0.3 is 16.8 Å². The first-order chi connectivity index (χ1) is 13.0. The topological polar surface area (TPSA) is 110 Å². The maximum Gasteiger partial charge on any atom is 0.251 e. The number of hydrazone groups is 1. The maximum absolute atomic E-state index is 12.4. The fourth-order valence-corrected chi connectivity index (χ4v) is 3.57. The van der Waals surface area contributed by atoms with Gasteiger partial charge >= 0.3 is 0 Å². The number of primary amides is 1. The second kappa shape index (κ2) is 6.66. The standard InChI is InChI=1S/C18H15ClN6OS/c19-10-6-7-12-11(8-10)13(16(21)26)14(9-4-2-1-3-5-9)25(12)17-15(20)22-18(27)24-23-17/h1-8,15H,20H2,(H2,21,26)(H2,22,24,27). The highest BCUT2D eigenvalue weighted by molar-refractivity contribution is 7.80. The monoisotopic (exact) mass is 398 g/mol. The van der Waals surface area contributed by atoms with E-state index in [1.54, 1.807) is 22.8 Å². The number of benzene rings is 2. The zero-order valence-electron chi connectivity index (χ0n) is 13.9. The van der Waals surface area contributed by atoms with E-state index in [0.29, 0.717) is 38.1 Å². The van der Waals surface area contributed by atoms with Crippen molar-refractivity contribution in [2.75, 3.05) is 0 Å². The highest BCUT2D eigenvalue weighted by Crippen LogP contribution is 2.35. The summed E-state index contributed by atoms with van der Waals surface area (Å²) in [5.41, 5.74) is 17.1. The van der Waals surface area contributed by atoms with E-state index in [9.17, 15) is 4.79 Å². The highest BCUT2D eigenvalue weighted by atomic mass is 35.5. The minimum atomic E-state index is -0.673. The Bertz CT molecular complexity index is 1110. The van der Waals surface area contributed by atoms with Gasteiger partial charge in [-0.2, -0.15) is 5.10 Å². The molecule has 0 radical (unpaired) electrons. The van der Waals surface area contributed by atoms with Crippen LogP contribution >= 0.6 is 23.8 Å². The molecule has 1 aromatic heterocycles. The fourth-order valence-electron chi connectivity index (χ4n) is 3.22. The average molecular weight is 399 g/mol. The number of fused-ring (bicyclic) bond motifs is 1. The number of carbonyl (C=O) groups is 1. The van der Waals surface area contributed by atoms with E-state index in [4.69, 9.17) is 35.3 Å². The van der Waals surface area contributed by atoms with Crippen molar-refractivity contribution in [3.63, 3.8) is 0 Å². The number of halogens is 1. The molecule has 2 aromatic carbocycles. The summed E-state index contributed by atoms with van der Waals surface area (Å²) in [4.78, 5) is 12.4. The molecule has 7 nitrogen and oxygen atoms in total. The Hall–Kier alpha value is -2.94. The van der Waals surface area contributed by atoms with E-state index in [1.807, 2.05) is 30.3 Å². The molecule has 0 fully saturated rings. The maximum atomic E-state index is 12.4. The van der Waals surface area contributed by atoms with Gasteiger partial charge in [0, 0.05) is 10.4 Å². The first-order valence-electron chi connectivity index (χ1n) is 8.06. The molecule has 4 rings (SSSR count). The Morgan fingerprint density at radius 3 is 2.63 bits per heavy atom. The van der Waals surface area contributed by atoms with Crippen LogP contribution in [0.4, 0.5) is 0 Å². The zero-order valence-corrected chi connectivity index (χ0v) is 15.5. The van der Waals surface area contributed by atoms with Crippen LogP contribution < -0.4 is 22.2 Å². The van der Waals surface area contributed by atoms with Crippen molar-refractivity contribution >= 4 is 51.6 Å². The van der Waals surface area contributed by atoms with Crippen LogP contribution in [-0.2, 0) is 0 Å². The lowest BCUT2D eigenvalue weighted by Gasteiger charge is -2.25. The molecule has 1 aliphatic heterocycles. The van der Waals surface area contributed by atoms with E-state index in [1.165, 1.54) is 0 Å². The second-order valence-electron chi connectivity index (χ2n) is 5.98. The van der Waals surface area contributed by atoms with E-state index < -0.39 is 12.1 Å². The minimum absolute atomic E-state index is 0.321. The van der Waals surface area contributed by atoms with Gasteiger partial charge in [-0.1, -0.05) is 41.9 Å². The lowest BCUT2D eigenvalue weighted by atomic mass is 10.0. The number of hydrogen-bond acceptors (Lipinski definition) is 4. The van der Waals surface area contributed by atoms with Crippen molar-refractivity contribution in [2.24, 2.45) is 16.6 Å². The summed E-state index contributed by atoms with van der Waals surface area (Å²) < 4.78 is 1.80. The number of nitrogens with two attached hydrogens (primary N) is 2. The molecular weight excluding hydrogens is 384 g/mol. The lowest BCUT2D eigenvalue weighted by molar-refractivity contribution is 0.100. The van der Waals surface area contributed by atoms with Crippen molar-refractivity contribution in [3.8, 4) is 11.3 Å². The van der Waals surface area contributed by atoms with Crippen LogP contribution in [0.5, 0.6) is 0 Å². The molecule has 6 N–H and O–H groups in total. The molecule has 3 aromatic rings. The molecular formula is C18H15ClN6OS. The third kappa shape index (κ3) is 2.93. The van der Waals surface area contributed by atoms with Crippen LogP contribution in [0, 0.1) is 0 Å². The average Bonchev–Trinajstić information content (AvgIpc) is 2.96. The number of nitrogens with one attached hydrogen (secondary N) is 2. The second-order valence-corrected chi connectivity index (χ2v) is 6.83. The van der Waals surface area contributed by atoms with Crippen LogP contribution in [0.2, 0.25) is 5.02 Å². The molecule has 0 bridgehead atoms. The molecule has 1 amide bonds. The summed E-state index contributed by atoms with van der Waals surface area (Å²) in [6, 6.07) is 14.7. The molecule has 1 unspecified atom stereocenters. The number of hydrogen-bond donors (Lipinski definition) is 4.